The Balaban J connectivity index is 4.07. The quantitative estimate of drug-likeness (QED) is 0.641. The molecular weight excluding hydrogens is 228 g/mol. The first-order valence-corrected chi connectivity index (χ1v) is 7.42. The molecule has 5 nitrogen and oxygen atoms in total. The van der Waals surface area contributed by atoms with E-state index in [2.05, 4.69) is 12.2 Å². The summed E-state index contributed by atoms with van der Waals surface area (Å²) in [6.45, 7) is 4.74. The van der Waals surface area contributed by atoms with Gasteiger partial charge < -0.3 is 5.32 Å². The van der Waals surface area contributed by atoms with Crippen molar-refractivity contribution < 1.29 is 13.2 Å². The third-order valence-electron chi connectivity index (χ3n) is 2.22. The second-order valence-electron chi connectivity index (χ2n) is 3.85. The molecule has 0 aromatic carbocycles. The van der Waals surface area contributed by atoms with Gasteiger partial charge in [-0.2, -0.15) is 0 Å². The summed E-state index contributed by atoms with van der Waals surface area (Å²) in [6, 6.07) is 0. The van der Waals surface area contributed by atoms with Crippen LogP contribution in [0.2, 0.25) is 0 Å². The number of carbonyl (C=O) groups is 1. The van der Waals surface area contributed by atoms with Gasteiger partial charge in [0.25, 0.3) is 0 Å². The molecular formula is C10H22N2O3S. The van der Waals surface area contributed by atoms with Gasteiger partial charge >= 0.3 is 0 Å². The number of hydrogen-bond acceptors (Lipinski definition) is 3. The molecule has 0 rings (SSSR count). The van der Waals surface area contributed by atoms with Crippen LogP contribution in [0.3, 0.4) is 0 Å². The molecule has 0 aliphatic rings. The zero-order chi connectivity index (χ0) is 12.6. The van der Waals surface area contributed by atoms with Gasteiger partial charge in [-0.1, -0.05) is 19.8 Å². The summed E-state index contributed by atoms with van der Waals surface area (Å²) in [5, 5.41) is 2.59. The fourth-order valence-corrected chi connectivity index (χ4v) is 2.22. The Bertz CT molecular complexity index is 301. The Morgan fingerprint density at radius 2 is 1.88 bits per heavy atom. The first kappa shape index (κ1) is 15.4. The van der Waals surface area contributed by atoms with Gasteiger partial charge in [-0.05, 0) is 6.42 Å². The molecule has 0 aliphatic heterocycles. The van der Waals surface area contributed by atoms with E-state index in [1.165, 1.54) is 17.5 Å². The van der Waals surface area contributed by atoms with Crippen LogP contribution in [-0.2, 0) is 14.8 Å². The molecule has 6 heteroatoms. The molecule has 96 valence electrons. The molecule has 0 heterocycles. The fourth-order valence-electron chi connectivity index (χ4n) is 1.34. The van der Waals surface area contributed by atoms with Crippen LogP contribution in [0.5, 0.6) is 0 Å². The van der Waals surface area contributed by atoms with Crippen molar-refractivity contribution in [2.45, 2.75) is 33.1 Å². The van der Waals surface area contributed by atoms with Crippen molar-refractivity contribution in [2.75, 3.05) is 25.9 Å². The van der Waals surface area contributed by atoms with E-state index in [0.717, 1.165) is 19.3 Å². The number of nitrogens with zero attached hydrogens (tertiary/aromatic N) is 1. The summed E-state index contributed by atoms with van der Waals surface area (Å²) < 4.78 is 24.2. The normalized spacial score (nSPS) is 11.8. The third-order valence-corrected chi connectivity index (χ3v) is 3.52. The fraction of sp³-hybridized carbons (Fsp3) is 0.900. The minimum absolute atomic E-state index is 0.137. The molecule has 0 fully saturated rings. The van der Waals surface area contributed by atoms with Crippen molar-refractivity contribution in [2.24, 2.45) is 0 Å². The number of carbonyl (C=O) groups excluding carboxylic acids is 1. The predicted molar refractivity (Wildman–Crippen MR) is 64.6 cm³/mol. The maximum Gasteiger partial charge on any atom is 0.216 e. The van der Waals surface area contributed by atoms with Crippen molar-refractivity contribution in [1.82, 2.24) is 9.62 Å². The van der Waals surface area contributed by atoms with Crippen LogP contribution in [0.15, 0.2) is 0 Å². The summed E-state index contributed by atoms with van der Waals surface area (Å²) in [5.41, 5.74) is 0. The van der Waals surface area contributed by atoms with Crippen molar-refractivity contribution in [1.29, 1.82) is 0 Å². The van der Waals surface area contributed by atoms with Gasteiger partial charge in [0.2, 0.25) is 15.9 Å². The van der Waals surface area contributed by atoms with Crippen molar-refractivity contribution in [3.8, 4) is 0 Å². The summed E-state index contributed by atoms with van der Waals surface area (Å²) >= 11 is 0. The summed E-state index contributed by atoms with van der Waals surface area (Å²) in [4.78, 5) is 10.7. The molecule has 0 bridgehead atoms. The average Bonchev–Trinajstić information content (AvgIpc) is 2.13. The van der Waals surface area contributed by atoms with Gasteiger partial charge in [0.05, 0.1) is 6.26 Å². The second kappa shape index (κ2) is 7.62. The molecule has 0 aromatic rings. The number of unbranched alkanes of at least 4 members (excludes halogenated alkanes) is 2. The third kappa shape index (κ3) is 7.64. The number of nitrogens with one attached hydrogen (secondary N) is 1. The summed E-state index contributed by atoms with van der Waals surface area (Å²) in [6.07, 6.45) is 4.14. The second-order valence-corrected chi connectivity index (χ2v) is 5.83. The maximum atomic E-state index is 11.4. The van der Waals surface area contributed by atoms with Gasteiger partial charge in [0.1, 0.15) is 0 Å². The zero-order valence-electron chi connectivity index (χ0n) is 10.3. The highest BCUT2D eigenvalue weighted by atomic mass is 32.2. The first-order chi connectivity index (χ1) is 7.38. The van der Waals surface area contributed by atoms with E-state index in [4.69, 9.17) is 0 Å². The standard InChI is InChI=1S/C10H22N2O3S/c1-4-5-6-8-12(16(3,14)15)9-7-11-10(2)13/h4-9H2,1-3H3,(H,11,13). The van der Waals surface area contributed by atoms with Gasteiger partial charge in [-0.3, -0.25) is 4.79 Å². The lowest BCUT2D eigenvalue weighted by molar-refractivity contribution is -0.118. The van der Waals surface area contributed by atoms with Crippen LogP contribution in [0.1, 0.15) is 33.1 Å². The molecule has 1 N–H and O–H groups in total. The number of amides is 1. The summed E-state index contributed by atoms with van der Waals surface area (Å²) in [5.74, 6) is -0.137. The SMILES string of the molecule is CCCCCN(CCNC(C)=O)S(C)(=O)=O. The largest absolute Gasteiger partial charge is 0.355 e. The van der Waals surface area contributed by atoms with E-state index < -0.39 is 10.0 Å². The van der Waals surface area contributed by atoms with Crippen LogP contribution >= 0.6 is 0 Å². The van der Waals surface area contributed by atoms with Gasteiger partial charge in [0, 0.05) is 26.6 Å². The van der Waals surface area contributed by atoms with Gasteiger partial charge in [-0.15, -0.1) is 0 Å². The van der Waals surface area contributed by atoms with Crippen molar-refractivity contribution in [3.63, 3.8) is 0 Å². The molecule has 0 spiro atoms. The minimum Gasteiger partial charge on any atom is -0.355 e. The lowest BCUT2D eigenvalue weighted by Gasteiger charge is -2.19. The molecule has 0 aromatic heterocycles. The number of hydrogen-bond donors (Lipinski definition) is 1. The Morgan fingerprint density at radius 1 is 1.25 bits per heavy atom. The van der Waals surface area contributed by atoms with Crippen LogP contribution in [0, 0.1) is 0 Å². The zero-order valence-corrected chi connectivity index (χ0v) is 11.1. The minimum atomic E-state index is -3.16. The first-order valence-electron chi connectivity index (χ1n) is 5.57. The van der Waals surface area contributed by atoms with Crippen LogP contribution in [0.4, 0.5) is 0 Å². The van der Waals surface area contributed by atoms with E-state index in [1.807, 2.05) is 0 Å². The molecule has 0 saturated carbocycles. The number of sulfonamides is 1. The molecule has 16 heavy (non-hydrogen) atoms. The highest BCUT2D eigenvalue weighted by molar-refractivity contribution is 7.88. The smallest absolute Gasteiger partial charge is 0.216 e. The molecule has 0 unspecified atom stereocenters. The highest BCUT2D eigenvalue weighted by Gasteiger charge is 2.15. The maximum absolute atomic E-state index is 11.4. The topological polar surface area (TPSA) is 66.5 Å². The average molecular weight is 250 g/mol. The number of rotatable bonds is 8. The van der Waals surface area contributed by atoms with E-state index in [1.54, 1.807) is 0 Å². The van der Waals surface area contributed by atoms with Crippen LogP contribution < -0.4 is 5.32 Å². The molecule has 0 radical (unpaired) electrons. The van der Waals surface area contributed by atoms with Gasteiger partial charge in [0.15, 0.2) is 0 Å². The molecule has 0 aliphatic carbocycles. The lowest BCUT2D eigenvalue weighted by Crippen LogP contribution is -2.38. The van der Waals surface area contributed by atoms with E-state index in [0.29, 0.717) is 19.6 Å². The monoisotopic (exact) mass is 250 g/mol. The lowest BCUT2D eigenvalue weighted by atomic mass is 10.2. The van der Waals surface area contributed by atoms with Crippen LogP contribution in [0.25, 0.3) is 0 Å². The van der Waals surface area contributed by atoms with Crippen molar-refractivity contribution in [3.05, 3.63) is 0 Å². The van der Waals surface area contributed by atoms with Crippen molar-refractivity contribution >= 4 is 15.9 Å². The predicted octanol–water partition coefficient (Wildman–Crippen LogP) is 0.574. The Labute approximate surface area is 98.3 Å². The van der Waals surface area contributed by atoms with E-state index in [9.17, 15) is 13.2 Å². The Morgan fingerprint density at radius 3 is 2.31 bits per heavy atom. The Kier molecular flexibility index (Phi) is 7.33. The Hall–Kier alpha value is -0.620. The van der Waals surface area contributed by atoms with Gasteiger partial charge in [-0.25, -0.2) is 12.7 Å². The van der Waals surface area contributed by atoms with E-state index in [-0.39, 0.29) is 5.91 Å². The highest BCUT2D eigenvalue weighted by Crippen LogP contribution is 2.02. The molecule has 0 saturated heterocycles. The molecule has 0 atom stereocenters. The summed E-state index contributed by atoms with van der Waals surface area (Å²) in [7, 11) is -3.16. The molecule has 1 amide bonds. The van der Waals surface area contributed by atoms with E-state index >= 15 is 0 Å². The van der Waals surface area contributed by atoms with Crippen LogP contribution in [-0.4, -0.2) is 44.5 Å².